The number of carbonyl (C=O) groups is 2. The molecule has 0 saturated carbocycles. The molecular formula is C23H22F3N3O3S. The number of alkyl halides is 3. The predicted octanol–water partition coefficient (Wildman–Crippen LogP) is 5.39. The minimum Gasteiger partial charge on any atom is -0.360 e. The SMILES string of the molecule is CCN(CC(=O)Nc1ccccc1C(F)(F)F)C(=O)c1ccccc1SCc1cc(C)no1. The maximum atomic E-state index is 13.2. The maximum Gasteiger partial charge on any atom is 0.418 e. The molecular weight excluding hydrogens is 455 g/mol. The summed E-state index contributed by atoms with van der Waals surface area (Å²) in [5, 5.41) is 6.11. The number of likely N-dealkylation sites (N-methyl/N-ethyl adjacent to an activating group) is 1. The number of halogens is 3. The Hall–Kier alpha value is -3.27. The Morgan fingerprint density at radius 1 is 1.12 bits per heavy atom. The molecule has 174 valence electrons. The van der Waals surface area contributed by atoms with Gasteiger partial charge in [0.1, 0.15) is 12.3 Å². The van der Waals surface area contributed by atoms with Crippen molar-refractivity contribution in [2.24, 2.45) is 0 Å². The average molecular weight is 478 g/mol. The molecule has 1 heterocycles. The summed E-state index contributed by atoms with van der Waals surface area (Å²) in [5.41, 5.74) is -0.150. The zero-order valence-electron chi connectivity index (χ0n) is 18.0. The Morgan fingerprint density at radius 2 is 1.82 bits per heavy atom. The molecule has 1 N–H and O–H groups in total. The van der Waals surface area contributed by atoms with Crippen LogP contribution in [0.5, 0.6) is 0 Å². The van der Waals surface area contributed by atoms with E-state index in [9.17, 15) is 22.8 Å². The summed E-state index contributed by atoms with van der Waals surface area (Å²) < 4.78 is 44.8. The number of carbonyl (C=O) groups excluding carboxylic acids is 2. The quantitative estimate of drug-likeness (QED) is 0.440. The number of rotatable bonds is 8. The molecule has 0 spiro atoms. The van der Waals surface area contributed by atoms with Gasteiger partial charge >= 0.3 is 6.18 Å². The third-order valence-corrected chi connectivity index (χ3v) is 5.77. The second-order valence-corrected chi connectivity index (χ2v) is 8.15. The highest BCUT2D eigenvalue weighted by Crippen LogP contribution is 2.34. The van der Waals surface area contributed by atoms with Crippen molar-refractivity contribution in [1.82, 2.24) is 10.1 Å². The predicted molar refractivity (Wildman–Crippen MR) is 119 cm³/mol. The lowest BCUT2D eigenvalue weighted by atomic mass is 10.1. The highest BCUT2D eigenvalue weighted by molar-refractivity contribution is 7.98. The van der Waals surface area contributed by atoms with Crippen molar-refractivity contribution in [3.63, 3.8) is 0 Å². The molecule has 0 aliphatic carbocycles. The fourth-order valence-electron chi connectivity index (χ4n) is 3.10. The first kappa shape index (κ1) is 24.4. The number of nitrogens with zero attached hydrogens (tertiary/aromatic N) is 2. The van der Waals surface area contributed by atoms with Crippen molar-refractivity contribution < 1.29 is 27.3 Å². The molecule has 0 aliphatic heterocycles. The molecule has 33 heavy (non-hydrogen) atoms. The molecule has 3 rings (SSSR count). The number of anilines is 1. The molecule has 0 atom stereocenters. The molecule has 3 aromatic rings. The number of hydrogen-bond donors (Lipinski definition) is 1. The van der Waals surface area contributed by atoms with Gasteiger partial charge in [-0.1, -0.05) is 29.4 Å². The fraction of sp³-hybridized carbons (Fsp3) is 0.261. The number of hydrogen-bond acceptors (Lipinski definition) is 5. The molecule has 0 saturated heterocycles. The lowest BCUT2D eigenvalue weighted by molar-refractivity contribution is -0.137. The van der Waals surface area contributed by atoms with Crippen LogP contribution < -0.4 is 5.32 Å². The first-order valence-corrected chi connectivity index (χ1v) is 11.1. The normalized spacial score (nSPS) is 11.3. The van der Waals surface area contributed by atoms with E-state index in [-0.39, 0.29) is 18.8 Å². The van der Waals surface area contributed by atoms with E-state index < -0.39 is 23.6 Å². The maximum absolute atomic E-state index is 13.2. The van der Waals surface area contributed by atoms with E-state index in [4.69, 9.17) is 4.52 Å². The number of aryl methyl sites for hydroxylation is 1. The highest BCUT2D eigenvalue weighted by Gasteiger charge is 2.33. The van der Waals surface area contributed by atoms with Gasteiger partial charge in [0.25, 0.3) is 5.91 Å². The molecule has 1 aromatic heterocycles. The van der Waals surface area contributed by atoms with Gasteiger partial charge in [0.2, 0.25) is 5.91 Å². The highest BCUT2D eigenvalue weighted by atomic mass is 32.2. The van der Waals surface area contributed by atoms with Crippen LogP contribution in [0.15, 0.2) is 64.0 Å². The summed E-state index contributed by atoms with van der Waals surface area (Å²) in [7, 11) is 0. The van der Waals surface area contributed by atoms with Crippen LogP contribution in [0.2, 0.25) is 0 Å². The summed E-state index contributed by atoms with van der Waals surface area (Å²) in [5.74, 6) is 0.0129. The zero-order valence-corrected chi connectivity index (χ0v) is 18.8. The lowest BCUT2D eigenvalue weighted by Gasteiger charge is -2.22. The van der Waals surface area contributed by atoms with Gasteiger partial charge in [-0.2, -0.15) is 13.2 Å². The number of benzene rings is 2. The number of nitrogens with one attached hydrogen (secondary N) is 1. The van der Waals surface area contributed by atoms with Crippen LogP contribution in [0.4, 0.5) is 18.9 Å². The molecule has 0 bridgehead atoms. The number of aromatic nitrogens is 1. The Balaban J connectivity index is 1.71. The van der Waals surface area contributed by atoms with Gasteiger partial charge in [-0.05, 0) is 38.1 Å². The molecule has 0 aliphatic rings. The minimum atomic E-state index is -4.61. The first-order chi connectivity index (χ1) is 15.7. The van der Waals surface area contributed by atoms with E-state index in [0.717, 1.165) is 11.8 Å². The van der Waals surface area contributed by atoms with E-state index in [1.807, 2.05) is 6.92 Å². The summed E-state index contributed by atoms with van der Waals surface area (Å²) in [6.45, 7) is 3.32. The molecule has 10 heteroatoms. The van der Waals surface area contributed by atoms with E-state index in [2.05, 4.69) is 10.5 Å². The number of thioether (sulfide) groups is 1. The third kappa shape index (κ3) is 6.38. The van der Waals surface area contributed by atoms with Crippen molar-refractivity contribution in [3.05, 3.63) is 77.2 Å². The van der Waals surface area contributed by atoms with Gasteiger partial charge in [-0.3, -0.25) is 9.59 Å². The van der Waals surface area contributed by atoms with Crippen LogP contribution in [0, 0.1) is 6.92 Å². The van der Waals surface area contributed by atoms with Gasteiger partial charge in [0.05, 0.1) is 28.3 Å². The Morgan fingerprint density at radius 3 is 2.48 bits per heavy atom. The van der Waals surface area contributed by atoms with Crippen molar-refractivity contribution in [3.8, 4) is 0 Å². The van der Waals surface area contributed by atoms with E-state index in [1.54, 1.807) is 37.3 Å². The van der Waals surface area contributed by atoms with Gasteiger partial charge in [-0.25, -0.2) is 0 Å². The number of amides is 2. The van der Waals surface area contributed by atoms with Crippen molar-refractivity contribution in [2.75, 3.05) is 18.4 Å². The third-order valence-electron chi connectivity index (χ3n) is 4.67. The van der Waals surface area contributed by atoms with Crippen LogP contribution >= 0.6 is 11.8 Å². The fourth-order valence-corrected chi connectivity index (χ4v) is 4.02. The van der Waals surface area contributed by atoms with E-state index in [1.165, 1.54) is 34.9 Å². The molecule has 0 radical (unpaired) electrons. The zero-order chi connectivity index (χ0) is 24.0. The van der Waals surface area contributed by atoms with Gasteiger partial charge < -0.3 is 14.7 Å². The van der Waals surface area contributed by atoms with Crippen LogP contribution in [0.25, 0.3) is 0 Å². The van der Waals surface area contributed by atoms with Crippen LogP contribution in [0.1, 0.15) is 34.3 Å². The molecule has 2 aromatic carbocycles. The number of para-hydroxylation sites is 1. The minimum absolute atomic E-state index is 0.202. The van der Waals surface area contributed by atoms with Gasteiger partial charge in [-0.15, -0.1) is 11.8 Å². The van der Waals surface area contributed by atoms with Crippen LogP contribution in [-0.2, 0) is 16.7 Å². The van der Waals surface area contributed by atoms with Gasteiger partial charge in [0, 0.05) is 17.5 Å². The van der Waals surface area contributed by atoms with E-state index >= 15 is 0 Å². The summed E-state index contributed by atoms with van der Waals surface area (Å²) in [6, 6.07) is 13.5. The largest absolute Gasteiger partial charge is 0.418 e. The Kier molecular flexibility index (Phi) is 7.80. The topological polar surface area (TPSA) is 75.4 Å². The summed E-state index contributed by atoms with van der Waals surface area (Å²) in [6.07, 6.45) is -4.61. The van der Waals surface area contributed by atoms with Crippen LogP contribution in [-0.4, -0.2) is 35.0 Å². The standard InChI is InChI=1S/C23H22F3N3O3S/c1-3-29(13-21(30)27-19-10-6-5-9-18(19)23(24,25)26)22(31)17-8-4-7-11-20(17)33-14-16-12-15(2)28-32-16/h4-12H,3,13-14H2,1-2H3,(H,27,30). The van der Waals surface area contributed by atoms with Crippen molar-refractivity contribution in [1.29, 1.82) is 0 Å². The van der Waals surface area contributed by atoms with Crippen LogP contribution in [0.3, 0.4) is 0 Å². The van der Waals surface area contributed by atoms with Gasteiger partial charge in [0.15, 0.2) is 0 Å². The van der Waals surface area contributed by atoms with E-state index in [0.29, 0.717) is 22.0 Å². The summed E-state index contributed by atoms with van der Waals surface area (Å²) >= 11 is 1.39. The molecule has 2 amide bonds. The Labute approximate surface area is 193 Å². The lowest BCUT2D eigenvalue weighted by Crippen LogP contribution is -2.38. The summed E-state index contributed by atoms with van der Waals surface area (Å²) in [4.78, 5) is 27.6. The first-order valence-electron chi connectivity index (χ1n) is 10.1. The molecule has 0 unspecified atom stereocenters. The smallest absolute Gasteiger partial charge is 0.360 e. The second-order valence-electron chi connectivity index (χ2n) is 7.13. The average Bonchev–Trinajstić information content (AvgIpc) is 3.20. The monoisotopic (exact) mass is 477 g/mol. The van der Waals surface area contributed by atoms with Crippen molar-refractivity contribution in [2.45, 2.75) is 30.7 Å². The molecule has 6 nitrogen and oxygen atoms in total. The van der Waals surface area contributed by atoms with Crippen molar-refractivity contribution >= 4 is 29.3 Å². The molecule has 0 fully saturated rings. The second kappa shape index (κ2) is 10.6. The Bertz CT molecular complexity index is 1130.